The quantitative estimate of drug-likeness (QED) is 0.199. The molecule has 0 radical (unpaired) electrons. The van der Waals surface area contributed by atoms with Crippen LogP contribution in [0.15, 0.2) is 0 Å². The van der Waals surface area contributed by atoms with E-state index < -0.39 is 26.3 Å². The van der Waals surface area contributed by atoms with Crippen molar-refractivity contribution < 1.29 is 22.2 Å². The van der Waals surface area contributed by atoms with Crippen molar-refractivity contribution in [1.82, 2.24) is 0 Å². The molecule has 1 aliphatic rings. The zero-order valence-corrected chi connectivity index (χ0v) is 14.5. The summed E-state index contributed by atoms with van der Waals surface area (Å²) in [4.78, 5) is 4.98. The van der Waals surface area contributed by atoms with Crippen LogP contribution in [0.3, 0.4) is 0 Å². The lowest BCUT2D eigenvalue weighted by Crippen LogP contribution is -2.33. The molecule has 3 atom stereocenters. The van der Waals surface area contributed by atoms with Crippen molar-refractivity contribution in [3.63, 3.8) is 0 Å². The number of rotatable bonds is 10. The second-order valence-electron chi connectivity index (χ2n) is 4.91. The molecule has 1 saturated heterocycles. The summed E-state index contributed by atoms with van der Waals surface area (Å²) in [5.41, 5.74) is 0. The van der Waals surface area contributed by atoms with Crippen LogP contribution >= 0.6 is 12.0 Å². The second-order valence-corrected chi connectivity index (χ2v) is 9.73. The average molecular weight is 345 g/mol. The summed E-state index contributed by atoms with van der Waals surface area (Å²) in [6.07, 6.45) is 3.39. The number of unbranched alkanes of at least 4 members (excludes halogenated alkanes) is 2. The van der Waals surface area contributed by atoms with Crippen molar-refractivity contribution >= 4 is 33.1 Å². The zero-order valence-electron chi connectivity index (χ0n) is 12.1. The van der Waals surface area contributed by atoms with Crippen molar-refractivity contribution in [3.8, 4) is 0 Å². The van der Waals surface area contributed by atoms with Gasteiger partial charge in [-0.3, -0.25) is 0 Å². The van der Waals surface area contributed by atoms with E-state index in [1.165, 1.54) is 0 Å². The topological polar surface area (TPSA) is 75.7 Å². The first kappa shape index (κ1) is 18.6. The van der Waals surface area contributed by atoms with Gasteiger partial charge in [-0.15, -0.1) is 0 Å². The Morgan fingerprint density at radius 3 is 2.60 bits per heavy atom. The van der Waals surface area contributed by atoms with E-state index in [0.29, 0.717) is 18.8 Å². The fraction of sp³-hybridized carbons (Fsp3) is 1.00. The largest absolute Gasteiger partial charge is 0.616 e. The molecule has 1 heterocycles. The van der Waals surface area contributed by atoms with E-state index in [1.54, 1.807) is 0 Å². The Balaban J connectivity index is 2.46. The first-order valence-electron chi connectivity index (χ1n) is 7.02. The summed E-state index contributed by atoms with van der Waals surface area (Å²) in [6.45, 7) is 4.50. The maximum atomic E-state index is 12.2. The molecule has 5 nitrogen and oxygen atoms in total. The lowest BCUT2D eigenvalue weighted by molar-refractivity contribution is -0.191. The molecule has 0 aromatic heterocycles. The summed E-state index contributed by atoms with van der Waals surface area (Å²) >= 11 is -0.0672. The number of sulfone groups is 1. The monoisotopic (exact) mass is 344 g/mol. The fourth-order valence-electron chi connectivity index (χ4n) is 1.89. The van der Waals surface area contributed by atoms with Gasteiger partial charge in [-0.1, -0.05) is 37.9 Å². The number of hydrogen-bond acceptors (Lipinski definition) is 6. The van der Waals surface area contributed by atoms with Crippen LogP contribution in [0.1, 0.15) is 39.5 Å². The van der Waals surface area contributed by atoms with Crippen molar-refractivity contribution in [2.24, 2.45) is 0 Å². The van der Waals surface area contributed by atoms with E-state index in [2.05, 4.69) is 0 Å². The van der Waals surface area contributed by atoms with E-state index in [1.807, 2.05) is 13.8 Å². The molecule has 1 fully saturated rings. The molecule has 0 spiro atoms. The molecule has 0 N–H and O–H groups in total. The van der Waals surface area contributed by atoms with Crippen LogP contribution in [0.4, 0.5) is 0 Å². The molecule has 0 aromatic carbocycles. The van der Waals surface area contributed by atoms with Gasteiger partial charge >= 0.3 is 0 Å². The van der Waals surface area contributed by atoms with Crippen LogP contribution in [-0.4, -0.2) is 47.3 Å². The smallest absolute Gasteiger partial charge is 0.159 e. The predicted octanol–water partition coefficient (Wildman–Crippen LogP) is 2.10. The van der Waals surface area contributed by atoms with Crippen LogP contribution in [0.2, 0.25) is 0 Å². The van der Waals surface area contributed by atoms with Crippen LogP contribution in [0.25, 0.3) is 0 Å². The first-order valence-corrected chi connectivity index (χ1v) is 11.0. The van der Waals surface area contributed by atoms with Gasteiger partial charge in [-0.2, -0.15) is 4.33 Å². The first-order chi connectivity index (χ1) is 9.51. The van der Waals surface area contributed by atoms with Gasteiger partial charge in [0.2, 0.25) is 0 Å². The molecule has 0 amide bonds. The van der Waals surface area contributed by atoms with E-state index in [9.17, 15) is 13.0 Å². The van der Waals surface area contributed by atoms with Gasteiger partial charge in [0, 0.05) is 12.0 Å². The molecular weight excluding hydrogens is 320 g/mol. The lowest BCUT2D eigenvalue weighted by atomic mass is 10.4. The van der Waals surface area contributed by atoms with Crippen LogP contribution < -0.4 is 0 Å². The molecule has 120 valence electrons. The molecule has 1 rings (SSSR count). The summed E-state index contributed by atoms with van der Waals surface area (Å²) < 4.78 is 41.1. The van der Waals surface area contributed by atoms with E-state index in [-0.39, 0.29) is 16.8 Å². The van der Waals surface area contributed by atoms with Gasteiger partial charge in [0.05, 0.1) is 12.4 Å². The zero-order chi connectivity index (χ0) is 15.0. The number of hydrogen-bond donors (Lipinski definition) is 0. The van der Waals surface area contributed by atoms with Crippen molar-refractivity contribution in [2.75, 3.05) is 23.9 Å². The van der Waals surface area contributed by atoms with Crippen molar-refractivity contribution in [3.05, 3.63) is 0 Å². The van der Waals surface area contributed by atoms with Gasteiger partial charge in [0.1, 0.15) is 22.0 Å². The van der Waals surface area contributed by atoms with Gasteiger partial charge < -0.3 is 4.55 Å². The van der Waals surface area contributed by atoms with Gasteiger partial charge in [-0.05, 0) is 12.8 Å². The van der Waals surface area contributed by atoms with E-state index in [4.69, 9.17) is 9.22 Å². The highest BCUT2D eigenvalue weighted by molar-refractivity contribution is 8.01. The third kappa shape index (κ3) is 6.11. The molecule has 1 aliphatic heterocycles. The van der Waals surface area contributed by atoms with Gasteiger partial charge in [0.25, 0.3) is 0 Å². The van der Waals surface area contributed by atoms with Crippen molar-refractivity contribution in [1.29, 1.82) is 0 Å². The van der Waals surface area contributed by atoms with Gasteiger partial charge in [0.15, 0.2) is 9.84 Å². The SMILES string of the molecule is CCCCOOSC1C[S+]([O-])CC1S(=O)(=O)CCCC. The minimum Gasteiger partial charge on any atom is -0.616 e. The maximum absolute atomic E-state index is 12.2. The molecule has 8 heteroatoms. The Bertz CT molecular complexity index is 360. The van der Waals surface area contributed by atoms with Crippen LogP contribution in [0, 0.1) is 0 Å². The summed E-state index contributed by atoms with van der Waals surface area (Å²) in [5.74, 6) is 0.749. The Morgan fingerprint density at radius 2 is 1.95 bits per heavy atom. The highest BCUT2D eigenvalue weighted by Gasteiger charge is 2.46. The Kier molecular flexibility index (Phi) is 8.85. The van der Waals surface area contributed by atoms with Gasteiger partial charge in [-0.25, -0.2) is 13.3 Å². The third-order valence-corrected chi connectivity index (χ3v) is 8.40. The third-order valence-electron chi connectivity index (χ3n) is 3.15. The fourth-order valence-corrected chi connectivity index (χ4v) is 8.07. The van der Waals surface area contributed by atoms with Crippen LogP contribution in [0.5, 0.6) is 0 Å². The minimum absolute atomic E-state index is 0.166. The average Bonchev–Trinajstić information content (AvgIpc) is 2.78. The van der Waals surface area contributed by atoms with E-state index >= 15 is 0 Å². The standard InChI is InChI=1S/C12H24O5S3/c1-3-5-7-16-17-18-11-9-19(13)10-12(11)20(14,15)8-6-4-2/h11-12H,3-10H2,1-2H3. The molecule has 0 bridgehead atoms. The second kappa shape index (κ2) is 9.53. The molecule has 0 saturated carbocycles. The molecule has 20 heavy (non-hydrogen) atoms. The lowest BCUT2D eigenvalue weighted by Gasteiger charge is -2.14. The summed E-state index contributed by atoms with van der Waals surface area (Å²) in [5, 5.41) is -0.867. The van der Waals surface area contributed by atoms with E-state index in [0.717, 1.165) is 31.3 Å². The molecule has 0 aromatic rings. The normalized spacial score (nSPS) is 27.1. The van der Waals surface area contributed by atoms with Crippen LogP contribution in [-0.2, 0) is 30.2 Å². The minimum atomic E-state index is -3.20. The van der Waals surface area contributed by atoms with Crippen molar-refractivity contribution in [2.45, 2.75) is 50.0 Å². The molecule has 3 unspecified atom stereocenters. The Hall–Kier alpha value is 0.530. The highest BCUT2D eigenvalue weighted by Crippen LogP contribution is 2.31. The Labute approximate surface area is 129 Å². The molecular formula is C12H24O5S3. The summed E-state index contributed by atoms with van der Waals surface area (Å²) in [6, 6.07) is 0. The summed E-state index contributed by atoms with van der Waals surface area (Å²) in [7, 11) is -3.20. The predicted molar refractivity (Wildman–Crippen MR) is 83.7 cm³/mol. The maximum Gasteiger partial charge on any atom is 0.159 e. The highest BCUT2D eigenvalue weighted by atomic mass is 32.2. The molecule has 0 aliphatic carbocycles. The Morgan fingerprint density at radius 1 is 1.25 bits per heavy atom.